The normalized spacial score (nSPS) is 12.6. The van der Waals surface area contributed by atoms with E-state index in [0.29, 0.717) is 5.56 Å². The molecule has 0 fully saturated rings. The van der Waals surface area contributed by atoms with E-state index >= 15 is 0 Å². The number of rotatable bonds is 5. The van der Waals surface area contributed by atoms with Crippen LogP contribution in [0.25, 0.3) is 0 Å². The van der Waals surface area contributed by atoms with E-state index in [1.54, 1.807) is 42.5 Å². The molecule has 0 unspecified atom stereocenters. The van der Waals surface area contributed by atoms with E-state index < -0.39 is 21.9 Å². The van der Waals surface area contributed by atoms with Crippen molar-refractivity contribution in [1.29, 1.82) is 0 Å². The maximum absolute atomic E-state index is 12.3. The SMILES string of the molecule is C[C@H](C(=O)O)c1ccccc1NS(=O)(=O)c1ccccc1. The zero-order valence-electron chi connectivity index (χ0n) is 11.4. The largest absolute Gasteiger partial charge is 0.481 e. The number of nitrogens with one attached hydrogen (secondary N) is 1. The van der Waals surface area contributed by atoms with Crippen LogP contribution in [0.2, 0.25) is 0 Å². The number of hydrogen-bond donors (Lipinski definition) is 2. The second-order valence-corrected chi connectivity index (χ2v) is 6.25. The average molecular weight is 305 g/mol. The number of benzene rings is 2. The third-order valence-electron chi connectivity index (χ3n) is 3.10. The molecule has 2 aromatic carbocycles. The van der Waals surface area contributed by atoms with Gasteiger partial charge in [-0.15, -0.1) is 0 Å². The van der Waals surface area contributed by atoms with Gasteiger partial charge in [-0.2, -0.15) is 0 Å². The lowest BCUT2D eigenvalue weighted by atomic mass is 10.00. The van der Waals surface area contributed by atoms with E-state index in [4.69, 9.17) is 5.11 Å². The van der Waals surface area contributed by atoms with Crippen LogP contribution in [0.5, 0.6) is 0 Å². The fourth-order valence-electron chi connectivity index (χ4n) is 1.90. The van der Waals surface area contributed by atoms with Gasteiger partial charge in [-0.3, -0.25) is 9.52 Å². The zero-order chi connectivity index (χ0) is 15.5. The Bertz CT molecular complexity index is 741. The Kier molecular flexibility index (Phi) is 4.28. The minimum Gasteiger partial charge on any atom is -0.481 e. The maximum atomic E-state index is 12.3. The Labute approximate surface area is 123 Å². The molecule has 0 saturated carbocycles. The molecule has 0 aliphatic carbocycles. The van der Waals surface area contributed by atoms with E-state index in [1.165, 1.54) is 19.1 Å². The molecule has 2 rings (SSSR count). The summed E-state index contributed by atoms with van der Waals surface area (Å²) in [6, 6.07) is 14.4. The fourth-order valence-corrected chi connectivity index (χ4v) is 3.01. The highest BCUT2D eigenvalue weighted by Gasteiger charge is 2.20. The van der Waals surface area contributed by atoms with Gasteiger partial charge >= 0.3 is 5.97 Å². The van der Waals surface area contributed by atoms with Gasteiger partial charge in [0.2, 0.25) is 0 Å². The van der Waals surface area contributed by atoms with Crippen LogP contribution in [-0.2, 0) is 14.8 Å². The third kappa shape index (κ3) is 3.41. The smallest absolute Gasteiger partial charge is 0.310 e. The van der Waals surface area contributed by atoms with Gasteiger partial charge in [0.05, 0.1) is 16.5 Å². The van der Waals surface area contributed by atoms with Crippen LogP contribution >= 0.6 is 0 Å². The highest BCUT2D eigenvalue weighted by Crippen LogP contribution is 2.26. The van der Waals surface area contributed by atoms with Crippen molar-refractivity contribution >= 4 is 21.7 Å². The van der Waals surface area contributed by atoms with E-state index in [2.05, 4.69) is 4.72 Å². The number of anilines is 1. The predicted octanol–water partition coefficient (Wildman–Crippen LogP) is 2.68. The molecule has 0 aliphatic heterocycles. The molecule has 0 aromatic heterocycles. The molecule has 2 aromatic rings. The first-order valence-electron chi connectivity index (χ1n) is 6.31. The Morgan fingerprint density at radius 2 is 1.62 bits per heavy atom. The third-order valence-corrected chi connectivity index (χ3v) is 4.48. The number of carboxylic acid groups (broad SMARTS) is 1. The predicted molar refractivity (Wildman–Crippen MR) is 79.7 cm³/mol. The zero-order valence-corrected chi connectivity index (χ0v) is 12.2. The Morgan fingerprint density at radius 3 is 2.24 bits per heavy atom. The minimum atomic E-state index is -3.74. The van der Waals surface area contributed by atoms with Gasteiger partial charge in [-0.05, 0) is 30.7 Å². The van der Waals surface area contributed by atoms with Crippen molar-refractivity contribution < 1.29 is 18.3 Å². The maximum Gasteiger partial charge on any atom is 0.310 e. The number of para-hydroxylation sites is 1. The molecule has 0 spiro atoms. The summed E-state index contributed by atoms with van der Waals surface area (Å²) in [6.45, 7) is 1.51. The van der Waals surface area contributed by atoms with E-state index in [9.17, 15) is 13.2 Å². The molecule has 0 heterocycles. The average Bonchev–Trinajstić information content (AvgIpc) is 2.47. The van der Waals surface area contributed by atoms with Gasteiger partial charge in [0.15, 0.2) is 0 Å². The molecule has 6 heteroatoms. The van der Waals surface area contributed by atoms with E-state index in [1.807, 2.05) is 0 Å². The van der Waals surface area contributed by atoms with Crippen molar-refractivity contribution in [1.82, 2.24) is 0 Å². The summed E-state index contributed by atoms with van der Waals surface area (Å²) in [7, 11) is -3.74. The molecular weight excluding hydrogens is 290 g/mol. The van der Waals surface area contributed by atoms with E-state index in [-0.39, 0.29) is 10.6 Å². The van der Waals surface area contributed by atoms with Crippen molar-refractivity contribution in [3.05, 3.63) is 60.2 Å². The van der Waals surface area contributed by atoms with Gasteiger partial charge in [0.25, 0.3) is 10.0 Å². The van der Waals surface area contributed by atoms with Gasteiger partial charge in [-0.1, -0.05) is 36.4 Å². The van der Waals surface area contributed by atoms with Crippen molar-refractivity contribution in [3.63, 3.8) is 0 Å². The monoisotopic (exact) mass is 305 g/mol. The van der Waals surface area contributed by atoms with Gasteiger partial charge in [-0.25, -0.2) is 8.42 Å². The quantitative estimate of drug-likeness (QED) is 0.889. The molecule has 0 saturated heterocycles. The lowest BCUT2D eigenvalue weighted by molar-refractivity contribution is -0.138. The summed E-state index contributed by atoms with van der Waals surface area (Å²) in [5.74, 6) is -1.82. The van der Waals surface area contributed by atoms with Crippen molar-refractivity contribution in [2.45, 2.75) is 17.7 Å². The summed E-state index contributed by atoms with van der Waals surface area (Å²) in [4.78, 5) is 11.2. The van der Waals surface area contributed by atoms with Crippen molar-refractivity contribution in [2.75, 3.05) is 4.72 Å². The van der Waals surface area contributed by atoms with Crippen LogP contribution in [0, 0.1) is 0 Å². The highest BCUT2D eigenvalue weighted by molar-refractivity contribution is 7.92. The van der Waals surface area contributed by atoms with Gasteiger partial charge in [0, 0.05) is 0 Å². The summed E-state index contributed by atoms with van der Waals surface area (Å²) >= 11 is 0. The summed E-state index contributed by atoms with van der Waals surface area (Å²) in [5, 5.41) is 9.10. The number of sulfonamides is 1. The number of carboxylic acids is 1. The second kappa shape index (κ2) is 5.97. The minimum absolute atomic E-state index is 0.128. The topological polar surface area (TPSA) is 83.5 Å². The van der Waals surface area contributed by atoms with E-state index in [0.717, 1.165) is 0 Å². The molecule has 0 bridgehead atoms. The molecular formula is C15H15NO4S. The number of aliphatic carboxylic acids is 1. The van der Waals surface area contributed by atoms with Crippen molar-refractivity contribution in [2.24, 2.45) is 0 Å². The molecule has 0 amide bonds. The van der Waals surface area contributed by atoms with Crippen LogP contribution in [0.3, 0.4) is 0 Å². The summed E-state index contributed by atoms with van der Waals surface area (Å²) in [5.41, 5.74) is 0.695. The van der Waals surface area contributed by atoms with Crippen LogP contribution in [-0.4, -0.2) is 19.5 Å². The lowest BCUT2D eigenvalue weighted by Gasteiger charge is -2.15. The molecule has 0 aliphatic rings. The first-order valence-corrected chi connectivity index (χ1v) is 7.80. The Hall–Kier alpha value is -2.34. The summed E-state index contributed by atoms with van der Waals surface area (Å²) < 4.78 is 27.0. The molecule has 0 radical (unpaired) electrons. The fraction of sp³-hybridized carbons (Fsp3) is 0.133. The van der Waals surface area contributed by atoms with Crippen LogP contribution in [0.4, 0.5) is 5.69 Å². The molecule has 5 nitrogen and oxygen atoms in total. The highest BCUT2D eigenvalue weighted by atomic mass is 32.2. The molecule has 1 atom stereocenters. The van der Waals surface area contributed by atoms with Gasteiger partial charge in [0.1, 0.15) is 0 Å². The lowest BCUT2D eigenvalue weighted by Crippen LogP contribution is -2.16. The van der Waals surface area contributed by atoms with Crippen LogP contribution in [0.15, 0.2) is 59.5 Å². The summed E-state index contributed by atoms with van der Waals surface area (Å²) in [6.07, 6.45) is 0. The molecule has 2 N–H and O–H groups in total. The van der Waals surface area contributed by atoms with Crippen LogP contribution in [0.1, 0.15) is 18.4 Å². The first-order chi connectivity index (χ1) is 9.92. The Morgan fingerprint density at radius 1 is 1.05 bits per heavy atom. The molecule has 21 heavy (non-hydrogen) atoms. The number of hydrogen-bond acceptors (Lipinski definition) is 3. The molecule has 110 valence electrons. The van der Waals surface area contributed by atoms with Gasteiger partial charge < -0.3 is 5.11 Å². The van der Waals surface area contributed by atoms with Crippen LogP contribution < -0.4 is 4.72 Å². The standard InChI is InChI=1S/C15H15NO4S/c1-11(15(17)18)13-9-5-6-10-14(13)16-21(19,20)12-7-3-2-4-8-12/h2-11,16H,1H3,(H,17,18)/t11-/m0/s1. The first kappa shape index (κ1) is 15.1. The number of carbonyl (C=O) groups is 1. The second-order valence-electron chi connectivity index (χ2n) is 4.57. The Balaban J connectivity index is 2.39. The van der Waals surface area contributed by atoms with Crippen molar-refractivity contribution in [3.8, 4) is 0 Å².